The molecular formula is C50H29N7O. The van der Waals surface area contributed by atoms with E-state index in [9.17, 15) is 0 Å². The van der Waals surface area contributed by atoms with E-state index in [4.69, 9.17) is 14.4 Å². The van der Waals surface area contributed by atoms with Crippen LogP contribution in [0.2, 0.25) is 0 Å². The molecule has 0 unspecified atom stereocenters. The molecule has 0 saturated heterocycles. The van der Waals surface area contributed by atoms with E-state index in [0.29, 0.717) is 0 Å². The fourth-order valence-electron chi connectivity index (χ4n) is 9.73. The standard InChI is InChI=1S/C50H29N7O/c1-4-17-36-31(13-1)33-29-30(53-40-20-7-8-21-41(40)55-38-18-5-2-15-34(38)51-49(53)55)27-28-37(33)54(36)45-25-11-14-32-47-44(24-12-26-46(47)58-48(32)45)57-43-23-10-9-22-42(43)56-39-19-6-3-16-35(39)52-50(56)57/h1-29H. The number of imidazole rings is 4. The quantitative estimate of drug-likeness (QED) is 0.181. The van der Waals surface area contributed by atoms with Gasteiger partial charge in [-0.15, -0.1) is 0 Å². The molecule has 6 aromatic heterocycles. The topological polar surface area (TPSA) is 62.5 Å². The first-order valence-corrected chi connectivity index (χ1v) is 19.5. The zero-order valence-corrected chi connectivity index (χ0v) is 30.8. The molecule has 0 spiro atoms. The minimum atomic E-state index is 0.825. The van der Waals surface area contributed by atoms with Crippen molar-refractivity contribution in [2.24, 2.45) is 0 Å². The van der Waals surface area contributed by atoms with Crippen LogP contribution < -0.4 is 0 Å². The van der Waals surface area contributed by atoms with Crippen LogP contribution in [0.25, 0.3) is 116 Å². The summed E-state index contributed by atoms with van der Waals surface area (Å²) in [6, 6.07) is 62.1. The van der Waals surface area contributed by atoms with Gasteiger partial charge in [-0.05, 0) is 91.0 Å². The van der Waals surface area contributed by atoms with E-state index in [1.54, 1.807) is 0 Å². The molecule has 14 aromatic rings. The molecule has 0 amide bonds. The van der Waals surface area contributed by atoms with Crippen LogP contribution in [-0.2, 0) is 0 Å². The average Bonchev–Trinajstić information content (AvgIpc) is 4.11. The number of hydrogen-bond donors (Lipinski definition) is 0. The van der Waals surface area contributed by atoms with Gasteiger partial charge in [-0.1, -0.05) is 84.9 Å². The monoisotopic (exact) mass is 743 g/mol. The molecule has 0 N–H and O–H groups in total. The summed E-state index contributed by atoms with van der Waals surface area (Å²) < 4.78 is 18.4. The van der Waals surface area contributed by atoms with E-state index in [2.05, 4.69) is 186 Å². The summed E-state index contributed by atoms with van der Waals surface area (Å²) in [6.45, 7) is 0. The Morgan fingerprint density at radius 1 is 0.362 bits per heavy atom. The highest BCUT2D eigenvalue weighted by molar-refractivity contribution is 6.15. The van der Waals surface area contributed by atoms with Crippen molar-refractivity contribution >= 4 is 99.4 Å². The van der Waals surface area contributed by atoms with E-state index >= 15 is 0 Å². The number of fused-ring (bicyclic) bond motifs is 16. The van der Waals surface area contributed by atoms with Crippen molar-refractivity contribution in [1.82, 2.24) is 32.5 Å². The van der Waals surface area contributed by atoms with Gasteiger partial charge in [0, 0.05) is 21.8 Å². The summed E-state index contributed by atoms with van der Waals surface area (Å²) in [4.78, 5) is 10.3. The van der Waals surface area contributed by atoms with Crippen molar-refractivity contribution in [2.75, 3.05) is 0 Å². The Kier molecular flexibility index (Phi) is 5.62. The third-order valence-corrected chi connectivity index (χ3v) is 12.1. The Labute approximate surface area is 328 Å². The van der Waals surface area contributed by atoms with Crippen LogP contribution >= 0.6 is 0 Å². The van der Waals surface area contributed by atoms with Gasteiger partial charge in [0.2, 0.25) is 11.6 Å². The van der Waals surface area contributed by atoms with Crippen molar-refractivity contribution < 1.29 is 4.42 Å². The largest absolute Gasteiger partial charge is 0.454 e. The first-order valence-electron chi connectivity index (χ1n) is 19.5. The van der Waals surface area contributed by atoms with Crippen LogP contribution in [0.4, 0.5) is 0 Å². The van der Waals surface area contributed by atoms with Crippen LogP contribution in [0.3, 0.4) is 0 Å². The molecule has 0 aliphatic carbocycles. The molecule has 0 saturated carbocycles. The zero-order chi connectivity index (χ0) is 37.6. The molecule has 14 rings (SSSR count). The lowest BCUT2D eigenvalue weighted by Gasteiger charge is -2.10. The van der Waals surface area contributed by atoms with E-state index in [-0.39, 0.29) is 0 Å². The number of hydrogen-bond acceptors (Lipinski definition) is 3. The molecule has 58 heavy (non-hydrogen) atoms. The van der Waals surface area contributed by atoms with Gasteiger partial charge in [-0.3, -0.25) is 17.9 Å². The summed E-state index contributed by atoms with van der Waals surface area (Å²) in [5.41, 5.74) is 15.5. The maximum absolute atomic E-state index is 6.96. The van der Waals surface area contributed by atoms with Crippen molar-refractivity contribution in [1.29, 1.82) is 0 Å². The Balaban J connectivity index is 1.03. The third kappa shape index (κ3) is 3.74. The number of aromatic nitrogens is 7. The van der Waals surface area contributed by atoms with Gasteiger partial charge in [0.1, 0.15) is 5.58 Å². The minimum absolute atomic E-state index is 0.825. The molecule has 8 aromatic carbocycles. The lowest BCUT2D eigenvalue weighted by Crippen LogP contribution is -1.97. The minimum Gasteiger partial charge on any atom is -0.454 e. The van der Waals surface area contributed by atoms with Gasteiger partial charge in [-0.25, -0.2) is 9.97 Å². The molecular weight excluding hydrogens is 715 g/mol. The van der Waals surface area contributed by atoms with Gasteiger partial charge in [0.05, 0.1) is 71.9 Å². The van der Waals surface area contributed by atoms with Crippen LogP contribution in [-0.4, -0.2) is 32.5 Å². The Morgan fingerprint density at radius 3 is 1.62 bits per heavy atom. The SMILES string of the molecule is c1ccc2c(c1)nc1n(-c3ccc4c(c3)c3ccccc3n4-c3cccc4c3oc3cccc(-n5c6ccccc6n6c7ccccc7nc56)c34)c3ccccc3n21. The van der Waals surface area contributed by atoms with Crippen molar-refractivity contribution in [3.05, 3.63) is 176 Å². The van der Waals surface area contributed by atoms with Gasteiger partial charge in [0.15, 0.2) is 5.58 Å². The van der Waals surface area contributed by atoms with E-state index < -0.39 is 0 Å². The van der Waals surface area contributed by atoms with Crippen LogP contribution in [0, 0.1) is 0 Å². The Morgan fingerprint density at radius 2 is 0.897 bits per heavy atom. The fourth-order valence-corrected chi connectivity index (χ4v) is 9.73. The molecule has 8 nitrogen and oxygen atoms in total. The van der Waals surface area contributed by atoms with Crippen LogP contribution in [0.15, 0.2) is 180 Å². The predicted octanol–water partition coefficient (Wildman–Crippen LogP) is 12.2. The zero-order valence-electron chi connectivity index (χ0n) is 30.8. The third-order valence-electron chi connectivity index (χ3n) is 12.1. The highest BCUT2D eigenvalue weighted by atomic mass is 16.3. The summed E-state index contributed by atoms with van der Waals surface area (Å²) in [6.07, 6.45) is 0. The van der Waals surface area contributed by atoms with Crippen molar-refractivity contribution in [3.63, 3.8) is 0 Å². The summed E-state index contributed by atoms with van der Waals surface area (Å²) >= 11 is 0. The van der Waals surface area contributed by atoms with Crippen molar-refractivity contribution in [3.8, 4) is 17.1 Å². The summed E-state index contributed by atoms with van der Waals surface area (Å²) in [5, 5.41) is 4.42. The lowest BCUT2D eigenvalue weighted by atomic mass is 10.1. The fraction of sp³-hybridized carbons (Fsp3) is 0. The number of furan rings is 1. The van der Waals surface area contributed by atoms with Gasteiger partial charge in [0.25, 0.3) is 0 Å². The number of nitrogens with zero attached hydrogens (tertiary/aromatic N) is 7. The van der Waals surface area contributed by atoms with E-state index in [1.807, 2.05) is 12.1 Å². The first kappa shape index (κ1) is 30.2. The second kappa shape index (κ2) is 10.8. The van der Waals surface area contributed by atoms with Crippen LogP contribution in [0.5, 0.6) is 0 Å². The molecule has 270 valence electrons. The van der Waals surface area contributed by atoms with Gasteiger partial charge >= 0.3 is 0 Å². The molecule has 8 heteroatoms. The maximum Gasteiger partial charge on any atom is 0.220 e. The maximum atomic E-state index is 6.96. The molecule has 0 atom stereocenters. The molecule has 0 bridgehead atoms. The molecule has 0 fully saturated rings. The lowest BCUT2D eigenvalue weighted by molar-refractivity contribution is 0.666. The summed E-state index contributed by atoms with van der Waals surface area (Å²) in [5.74, 6) is 1.76. The highest BCUT2D eigenvalue weighted by Crippen LogP contribution is 2.42. The Hall–Kier alpha value is -8.10. The second-order valence-electron chi connectivity index (χ2n) is 15.1. The van der Waals surface area contributed by atoms with Gasteiger partial charge < -0.3 is 8.98 Å². The summed E-state index contributed by atoms with van der Waals surface area (Å²) in [7, 11) is 0. The van der Waals surface area contributed by atoms with Gasteiger partial charge in [-0.2, -0.15) is 0 Å². The van der Waals surface area contributed by atoms with Crippen LogP contribution in [0.1, 0.15) is 0 Å². The molecule has 0 radical (unpaired) electrons. The van der Waals surface area contributed by atoms with E-state index in [1.165, 1.54) is 5.39 Å². The smallest absolute Gasteiger partial charge is 0.220 e. The number of rotatable bonds is 3. The Bertz CT molecular complexity index is 4050. The predicted molar refractivity (Wildman–Crippen MR) is 234 cm³/mol. The first-order chi connectivity index (χ1) is 28.8. The normalized spacial score (nSPS) is 12.5. The second-order valence-corrected chi connectivity index (χ2v) is 15.1. The van der Waals surface area contributed by atoms with E-state index in [0.717, 1.165) is 111 Å². The molecule has 0 aliphatic heterocycles. The molecule has 6 heterocycles. The number of benzene rings is 8. The number of para-hydroxylation sites is 10. The average molecular weight is 744 g/mol. The highest BCUT2D eigenvalue weighted by Gasteiger charge is 2.24. The van der Waals surface area contributed by atoms with Crippen molar-refractivity contribution in [2.45, 2.75) is 0 Å². The molecule has 0 aliphatic rings.